The van der Waals surface area contributed by atoms with E-state index in [-0.39, 0.29) is 24.0 Å². The average molecular weight is 287 g/mol. The highest BCUT2D eigenvalue weighted by Gasteiger charge is 2.03. The van der Waals surface area contributed by atoms with Crippen LogP contribution < -0.4 is 4.72 Å². The number of methoxy groups -OCH3 is 1. The number of phenolic OH excluding ortho intramolecular Hbond substituents is 2. The number of nitrogens with one attached hydrogen (secondary N) is 1. The standard InChI is InChI=1S/C9H11NO4S.C4H10/c1-14-9(13)5-10-15-6-2-3-7(11)8(12)4-6;1-4(2)3/h2-4,10-12H,5H2,1H3;4H,1-3H3. The van der Waals surface area contributed by atoms with Gasteiger partial charge in [0.15, 0.2) is 11.5 Å². The molecule has 0 atom stereocenters. The van der Waals surface area contributed by atoms with Gasteiger partial charge in [-0.3, -0.25) is 4.79 Å². The molecular formula is C13H21NO4S. The van der Waals surface area contributed by atoms with E-state index in [9.17, 15) is 9.90 Å². The number of esters is 1. The summed E-state index contributed by atoms with van der Waals surface area (Å²) in [4.78, 5) is 11.4. The third-order valence-corrected chi connectivity index (χ3v) is 2.36. The lowest BCUT2D eigenvalue weighted by molar-refractivity contribution is -0.139. The summed E-state index contributed by atoms with van der Waals surface area (Å²) in [5.41, 5.74) is 0. The molecule has 0 aliphatic heterocycles. The Labute approximate surface area is 118 Å². The molecule has 108 valence electrons. The normalized spacial score (nSPS) is 9.74. The summed E-state index contributed by atoms with van der Waals surface area (Å²) in [6.07, 6.45) is 0. The van der Waals surface area contributed by atoms with Crippen LogP contribution in [0.4, 0.5) is 0 Å². The minimum absolute atomic E-state index is 0.0722. The summed E-state index contributed by atoms with van der Waals surface area (Å²) in [6.45, 7) is 6.57. The van der Waals surface area contributed by atoms with Crippen LogP contribution in [0.25, 0.3) is 0 Å². The predicted octanol–water partition coefficient (Wildman–Crippen LogP) is 2.53. The van der Waals surface area contributed by atoms with Gasteiger partial charge in [-0.05, 0) is 36.1 Å². The van der Waals surface area contributed by atoms with Crippen LogP contribution in [0, 0.1) is 5.92 Å². The Morgan fingerprint density at radius 1 is 1.32 bits per heavy atom. The molecule has 1 rings (SSSR count). The number of hydrogen-bond donors (Lipinski definition) is 3. The lowest BCUT2D eigenvalue weighted by atomic mass is 10.3. The molecule has 5 nitrogen and oxygen atoms in total. The minimum atomic E-state index is -0.370. The fourth-order valence-corrected chi connectivity index (χ4v) is 1.48. The van der Waals surface area contributed by atoms with Crippen molar-refractivity contribution in [3.63, 3.8) is 0 Å². The van der Waals surface area contributed by atoms with Crippen molar-refractivity contribution in [1.29, 1.82) is 0 Å². The first kappa shape index (κ1) is 17.6. The monoisotopic (exact) mass is 287 g/mol. The zero-order valence-corrected chi connectivity index (χ0v) is 12.5. The van der Waals surface area contributed by atoms with Crippen LogP contribution in [0.2, 0.25) is 0 Å². The molecule has 1 aromatic carbocycles. The highest BCUT2D eigenvalue weighted by atomic mass is 32.2. The second kappa shape index (κ2) is 9.52. The van der Waals surface area contributed by atoms with Crippen molar-refractivity contribution >= 4 is 17.9 Å². The van der Waals surface area contributed by atoms with E-state index in [1.807, 2.05) is 0 Å². The van der Waals surface area contributed by atoms with E-state index >= 15 is 0 Å². The quantitative estimate of drug-likeness (QED) is 0.449. The molecule has 0 fully saturated rings. The zero-order valence-electron chi connectivity index (χ0n) is 11.6. The predicted molar refractivity (Wildman–Crippen MR) is 76.2 cm³/mol. The topological polar surface area (TPSA) is 78.8 Å². The summed E-state index contributed by atoms with van der Waals surface area (Å²) in [5, 5.41) is 18.2. The van der Waals surface area contributed by atoms with E-state index in [1.54, 1.807) is 6.07 Å². The number of hydrogen-bond acceptors (Lipinski definition) is 6. The van der Waals surface area contributed by atoms with Crippen LogP contribution in [0.1, 0.15) is 20.8 Å². The SMILES string of the molecule is CC(C)C.COC(=O)CNSc1ccc(O)c(O)c1. The van der Waals surface area contributed by atoms with Crippen molar-refractivity contribution in [1.82, 2.24) is 4.72 Å². The number of aromatic hydroxyl groups is 2. The van der Waals surface area contributed by atoms with Gasteiger partial charge >= 0.3 is 5.97 Å². The first-order valence-corrected chi connectivity index (χ1v) is 6.67. The van der Waals surface area contributed by atoms with Gasteiger partial charge in [0.05, 0.1) is 7.11 Å². The van der Waals surface area contributed by atoms with Gasteiger partial charge in [-0.15, -0.1) is 0 Å². The van der Waals surface area contributed by atoms with E-state index in [0.29, 0.717) is 4.90 Å². The summed E-state index contributed by atoms with van der Waals surface area (Å²) in [5.74, 6) is 0.0951. The minimum Gasteiger partial charge on any atom is -0.504 e. The van der Waals surface area contributed by atoms with Crippen molar-refractivity contribution in [3.05, 3.63) is 18.2 Å². The van der Waals surface area contributed by atoms with Crippen LogP contribution in [-0.4, -0.2) is 29.8 Å². The molecule has 0 bridgehead atoms. The van der Waals surface area contributed by atoms with Gasteiger partial charge in [-0.25, -0.2) is 4.72 Å². The summed E-state index contributed by atoms with van der Waals surface area (Å²) in [6, 6.07) is 4.38. The first-order valence-electron chi connectivity index (χ1n) is 5.85. The second-order valence-electron chi connectivity index (χ2n) is 4.38. The first-order chi connectivity index (χ1) is 8.86. The van der Waals surface area contributed by atoms with Crippen molar-refractivity contribution in [2.45, 2.75) is 25.7 Å². The van der Waals surface area contributed by atoms with Gasteiger partial charge in [-0.1, -0.05) is 20.8 Å². The van der Waals surface area contributed by atoms with Crippen LogP contribution >= 0.6 is 11.9 Å². The van der Waals surface area contributed by atoms with E-state index in [0.717, 1.165) is 5.92 Å². The lowest BCUT2D eigenvalue weighted by Gasteiger charge is -2.04. The largest absolute Gasteiger partial charge is 0.504 e. The van der Waals surface area contributed by atoms with E-state index in [4.69, 9.17) is 5.11 Å². The Balaban J connectivity index is 0.000000711. The van der Waals surface area contributed by atoms with Crippen molar-refractivity contribution in [2.24, 2.45) is 5.92 Å². The van der Waals surface area contributed by atoms with E-state index in [2.05, 4.69) is 30.2 Å². The molecule has 0 radical (unpaired) electrons. The molecule has 19 heavy (non-hydrogen) atoms. The lowest BCUT2D eigenvalue weighted by Crippen LogP contribution is -2.17. The van der Waals surface area contributed by atoms with Crippen molar-refractivity contribution in [3.8, 4) is 11.5 Å². The number of phenols is 2. The summed E-state index contributed by atoms with van der Waals surface area (Å²) < 4.78 is 7.18. The number of ether oxygens (including phenoxy) is 1. The number of rotatable bonds is 4. The van der Waals surface area contributed by atoms with Crippen molar-refractivity contribution in [2.75, 3.05) is 13.7 Å². The molecule has 0 unspecified atom stereocenters. The fraction of sp³-hybridized carbons (Fsp3) is 0.462. The average Bonchev–Trinajstić information content (AvgIpc) is 2.32. The molecular weight excluding hydrogens is 266 g/mol. The van der Waals surface area contributed by atoms with Crippen LogP contribution in [-0.2, 0) is 9.53 Å². The van der Waals surface area contributed by atoms with Gasteiger partial charge in [0.25, 0.3) is 0 Å². The van der Waals surface area contributed by atoms with Gasteiger partial charge in [0.2, 0.25) is 0 Å². The molecule has 0 aliphatic carbocycles. The number of benzene rings is 1. The molecule has 0 spiro atoms. The summed E-state index contributed by atoms with van der Waals surface area (Å²) in [7, 11) is 1.31. The van der Waals surface area contributed by atoms with Crippen LogP contribution in [0.3, 0.4) is 0 Å². The number of carbonyl (C=O) groups excluding carboxylic acids is 1. The Hall–Kier alpha value is -1.40. The van der Waals surface area contributed by atoms with Gasteiger partial charge in [-0.2, -0.15) is 0 Å². The third kappa shape index (κ3) is 9.21. The van der Waals surface area contributed by atoms with Gasteiger partial charge in [0, 0.05) is 4.90 Å². The number of carbonyl (C=O) groups is 1. The Morgan fingerprint density at radius 2 is 1.89 bits per heavy atom. The zero-order chi connectivity index (χ0) is 14.8. The van der Waals surface area contributed by atoms with E-state index in [1.165, 1.54) is 31.2 Å². The van der Waals surface area contributed by atoms with Crippen molar-refractivity contribution < 1.29 is 19.7 Å². The molecule has 1 aromatic rings. The Morgan fingerprint density at radius 3 is 2.37 bits per heavy atom. The molecule has 0 saturated heterocycles. The molecule has 0 saturated carbocycles. The molecule has 0 heterocycles. The summed E-state index contributed by atoms with van der Waals surface area (Å²) >= 11 is 1.17. The highest BCUT2D eigenvalue weighted by Crippen LogP contribution is 2.28. The molecule has 0 aliphatic rings. The molecule has 3 N–H and O–H groups in total. The maximum Gasteiger partial charge on any atom is 0.320 e. The second-order valence-corrected chi connectivity index (χ2v) is 5.35. The molecule has 0 amide bonds. The third-order valence-electron chi connectivity index (χ3n) is 1.58. The fourth-order valence-electron chi connectivity index (χ4n) is 0.817. The van der Waals surface area contributed by atoms with E-state index < -0.39 is 0 Å². The van der Waals surface area contributed by atoms with Gasteiger partial charge in [0.1, 0.15) is 6.54 Å². The van der Waals surface area contributed by atoms with Gasteiger partial charge < -0.3 is 14.9 Å². The Kier molecular flexibility index (Phi) is 8.82. The molecule has 6 heteroatoms. The Bertz CT molecular complexity index is 393. The smallest absolute Gasteiger partial charge is 0.320 e. The highest BCUT2D eigenvalue weighted by molar-refractivity contribution is 7.97. The van der Waals surface area contributed by atoms with Crippen LogP contribution in [0.5, 0.6) is 11.5 Å². The maximum atomic E-state index is 10.7. The van der Waals surface area contributed by atoms with Crippen LogP contribution in [0.15, 0.2) is 23.1 Å². The molecule has 0 aromatic heterocycles. The maximum absolute atomic E-state index is 10.7.